The summed E-state index contributed by atoms with van der Waals surface area (Å²) in [5.41, 5.74) is -2.76. The van der Waals surface area contributed by atoms with Gasteiger partial charge in [0.15, 0.2) is 23.4 Å². The van der Waals surface area contributed by atoms with Crippen molar-refractivity contribution in [2.75, 3.05) is 80.1 Å². The Labute approximate surface area is 651 Å². The number of piperidine rings is 3. The molecule has 106 heavy (non-hydrogen) atoms. The lowest BCUT2D eigenvalue weighted by Gasteiger charge is -2.43. The Morgan fingerprint density at radius 1 is 0.472 bits per heavy atom. The highest BCUT2D eigenvalue weighted by molar-refractivity contribution is 6.32. The van der Waals surface area contributed by atoms with Crippen molar-refractivity contribution < 1.29 is 91.0 Å². The molecule has 3 aromatic rings. The van der Waals surface area contributed by atoms with Crippen molar-refractivity contribution in [1.29, 1.82) is 0 Å². The van der Waals surface area contributed by atoms with Gasteiger partial charge in [0.25, 0.3) is 0 Å². The molecular formula is C76H111Cl5N6O19. The second-order valence-corrected chi connectivity index (χ2v) is 29.4. The fraction of sp³-hybridized carbons (Fsp3) is 0.618. The van der Waals surface area contributed by atoms with Gasteiger partial charge in [-0.1, -0.05) is 123 Å². The number of hydrogen-bond donors (Lipinski definition) is 2. The van der Waals surface area contributed by atoms with Gasteiger partial charge in [-0.3, -0.25) is 43.5 Å². The van der Waals surface area contributed by atoms with Crippen LogP contribution in [0.15, 0.2) is 72.8 Å². The summed E-state index contributed by atoms with van der Waals surface area (Å²) in [7, 11) is 4.59. The number of carboxylic acids is 1. The molecular weight excluding hydrogens is 1480 g/mol. The molecule has 3 aliphatic carbocycles. The number of aliphatic carboxylic acids is 1. The number of alkyl halides is 1. The highest BCUT2D eigenvalue weighted by Gasteiger charge is 2.52. The molecule has 3 aliphatic heterocycles. The van der Waals surface area contributed by atoms with E-state index in [4.69, 9.17) is 84.7 Å². The predicted molar refractivity (Wildman–Crippen MR) is 407 cm³/mol. The van der Waals surface area contributed by atoms with Crippen LogP contribution in [0.4, 0.5) is 24.0 Å². The zero-order valence-corrected chi connectivity index (χ0v) is 64.0. The van der Waals surface area contributed by atoms with Gasteiger partial charge >= 0.3 is 48.4 Å². The normalized spacial score (nSPS) is 20.5. The Bertz CT molecular complexity index is 3430. The zero-order valence-electron chi connectivity index (χ0n) is 60.2. The van der Waals surface area contributed by atoms with Crippen molar-refractivity contribution in [1.82, 2.24) is 29.8 Å². The number of nitrogens with zero attached hydrogens (tertiary/aromatic N) is 5. The number of ether oxygens (including phenoxy) is 7. The summed E-state index contributed by atoms with van der Waals surface area (Å²) in [6.07, 6.45) is 7.68. The van der Waals surface area contributed by atoms with Crippen LogP contribution in [0.1, 0.15) is 196 Å². The van der Waals surface area contributed by atoms with Crippen LogP contribution in [0.5, 0.6) is 0 Å². The van der Waals surface area contributed by atoms with E-state index in [0.29, 0.717) is 135 Å². The fourth-order valence-corrected chi connectivity index (χ4v) is 14.5. The summed E-state index contributed by atoms with van der Waals surface area (Å²) in [5.74, 6) is -2.73. The van der Waals surface area contributed by atoms with Gasteiger partial charge in [0, 0.05) is 98.3 Å². The maximum absolute atomic E-state index is 13.1. The number of carbonyl (C=O) groups excluding carboxylic acids is 10. The third-order valence-corrected chi connectivity index (χ3v) is 20.2. The Balaban J connectivity index is 0.000000493. The molecule has 594 valence electrons. The summed E-state index contributed by atoms with van der Waals surface area (Å²) >= 11 is 24.5. The first-order valence-electron chi connectivity index (χ1n) is 34.6. The van der Waals surface area contributed by atoms with E-state index in [-0.39, 0.29) is 82.0 Å². The topological polar surface area (TPSA) is 301 Å². The lowest BCUT2D eigenvalue weighted by Crippen LogP contribution is -2.54. The number of likely N-dealkylation sites (tertiary alicyclic amines) is 2. The van der Waals surface area contributed by atoms with Crippen LogP contribution in [-0.2, 0) is 78.5 Å². The molecule has 3 saturated carbocycles. The third kappa shape index (κ3) is 24.9. The van der Waals surface area contributed by atoms with Crippen molar-refractivity contribution in [3.63, 3.8) is 0 Å². The summed E-state index contributed by atoms with van der Waals surface area (Å²) in [5, 5.41) is 13.3. The van der Waals surface area contributed by atoms with Crippen molar-refractivity contribution in [2.24, 2.45) is 17.8 Å². The van der Waals surface area contributed by atoms with Crippen LogP contribution in [0.3, 0.4) is 0 Å². The Morgan fingerprint density at radius 3 is 1.05 bits per heavy atom. The minimum absolute atomic E-state index is 0. The number of benzene rings is 3. The summed E-state index contributed by atoms with van der Waals surface area (Å²) < 4.78 is 36.2. The highest BCUT2D eigenvalue weighted by Crippen LogP contribution is 2.46. The number of likely N-dealkylation sites (N-methyl/N-ethyl adjacent to an activating group) is 3. The molecule has 3 heterocycles. The van der Waals surface area contributed by atoms with Gasteiger partial charge in [-0.2, -0.15) is 0 Å². The molecule has 0 unspecified atom stereocenters. The standard InChI is InChI=1S/C26H35ClN2O7.C21H27ClN2O5.C15H17Cl2NO3.C11H19NO4.3CH4.ClH/c1-25(2,3)36-24(33)29-15-12-18(13-16-29)22(31)34-17-35-23(32)28(4)26(14-8-7-11-21(26)30)19-9-5-6-10-20(19)27;1-24(20(27)29-14-28-19(26)15-9-12-23-13-10-15)21(11-5-4-8-18(21)25)16-6-2-3-7-17(16)22;1-18(14(20)21-10-16)15(9-5-4-8-13(15)19)11-6-2-3-7-12(11)17;1-11(2,3)16-10(15)12-6-4-8(5-7-12)9(13)14;;;;/h5-6,9-10,18H,7-8,11-17H2,1-4H3;2-3,6-7,15,23H,4-5,8-14H2,1H3;2-3,6-7H,4-5,8-10H2,1H3;8H,4-7H2,1-3H3,(H,13,14);3*1H4;1H/t26-;21-;15-;;;;;/m000...../s1. The number of halogens is 5. The smallest absolute Gasteiger partial charge is 0.413 e. The van der Waals surface area contributed by atoms with Gasteiger partial charge in [-0.25, -0.2) is 24.0 Å². The van der Waals surface area contributed by atoms with Crippen molar-refractivity contribution in [2.45, 2.75) is 207 Å². The van der Waals surface area contributed by atoms with Gasteiger partial charge in [0.2, 0.25) is 13.6 Å². The number of carbonyl (C=O) groups is 11. The van der Waals surface area contributed by atoms with Crippen molar-refractivity contribution >= 4 is 125 Å². The zero-order chi connectivity index (χ0) is 75.2. The molecule has 2 N–H and O–H groups in total. The number of Topliss-reactive ketones (excluding diaryl/α,β-unsaturated/α-hetero) is 3. The Kier molecular flexibility index (Phi) is 39.2. The SMILES string of the molecule is C.C.C.CC(C)(C)OC(=O)N1CCC(C(=O)O)CC1.CN(C(=O)OCCl)[C@]1(c2ccccc2Cl)CCCCC1=O.CN(C(=O)OCOC(=O)C1CCN(C(=O)OC(C)(C)C)CC1)[C@]1(c2ccccc2Cl)CCCCC1=O.CN(C(=O)OCOC(=O)C1CCNCC1)[C@]1(c2ccccc2Cl)CCCCC1=O.Cl. The van der Waals surface area contributed by atoms with E-state index in [2.05, 4.69) is 5.32 Å². The molecule has 0 radical (unpaired) electrons. The molecule has 3 atom stereocenters. The Hall–Kier alpha value is -7.16. The van der Waals surface area contributed by atoms with Gasteiger partial charge in [-0.15, -0.1) is 12.4 Å². The van der Waals surface area contributed by atoms with E-state index in [9.17, 15) is 52.7 Å². The molecule has 6 aliphatic rings. The van der Waals surface area contributed by atoms with E-state index in [1.54, 1.807) is 104 Å². The van der Waals surface area contributed by atoms with Crippen LogP contribution in [0.25, 0.3) is 0 Å². The molecule has 3 aromatic carbocycles. The number of rotatable bonds is 14. The minimum atomic E-state index is -1.23. The number of esters is 2. The molecule has 0 bridgehead atoms. The molecule has 0 spiro atoms. The van der Waals surface area contributed by atoms with Crippen LogP contribution in [-0.4, -0.2) is 187 Å². The second-order valence-electron chi connectivity index (χ2n) is 27.9. The molecule has 25 nitrogen and oxygen atoms in total. The van der Waals surface area contributed by atoms with Gasteiger partial charge in [0.05, 0.1) is 17.8 Å². The van der Waals surface area contributed by atoms with Crippen LogP contribution in [0.2, 0.25) is 15.1 Å². The summed E-state index contributed by atoms with van der Waals surface area (Å²) in [6.45, 7) is 13.0. The average Bonchev–Trinajstić information content (AvgIpc) is 0.766. The summed E-state index contributed by atoms with van der Waals surface area (Å²) in [4.78, 5) is 143. The van der Waals surface area contributed by atoms with Gasteiger partial charge < -0.3 is 53.4 Å². The number of nitrogens with one attached hydrogen (secondary N) is 1. The summed E-state index contributed by atoms with van der Waals surface area (Å²) in [6, 6.07) is 20.9. The average molecular weight is 1590 g/mol. The Morgan fingerprint density at radius 2 is 0.764 bits per heavy atom. The lowest BCUT2D eigenvalue weighted by atomic mass is 9.74. The third-order valence-electron chi connectivity index (χ3n) is 19.1. The monoisotopic (exact) mass is 1590 g/mol. The van der Waals surface area contributed by atoms with Crippen LogP contribution in [0, 0.1) is 17.8 Å². The molecule has 9 rings (SSSR count). The first kappa shape index (κ1) is 94.9. The molecule has 6 fully saturated rings. The van der Waals surface area contributed by atoms with Crippen LogP contribution >= 0.6 is 58.8 Å². The van der Waals surface area contributed by atoms with E-state index in [1.807, 2.05) is 26.8 Å². The maximum Gasteiger partial charge on any atom is 0.413 e. The molecule has 3 saturated heterocycles. The first-order chi connectivity index (χ1) is 48.2. The van der Waals surface area contributed by atoms with Crippen molar-refractivity contribution in [3.05, 3.63) is 105 Å². The lowest BCUT2D eigenvalue weighted by molar-refractivity contribution is -0.160. The largest absolute Gasteiger partial charge is 0.481 e. The molecule has 30 heteroatoms. The quantitative estimate of drug-likeness (QED) is 0.0656. The van der Waals surface area contributed by atoms with Gasteiger partial charge in [0.1, 0.15) is 27.8 Å². The van der Waals surface area contributed by atoms with Crippen LogP contribution < -0.4 is 5.32 Å². The molecule has 0 aromatic heterocycles. The van der Waals surface area contributed by atoms with E-state index < -0.39 is 83.6 Å². The number of hydrogen-bond acceptors (Lipinski definition) is 19. The number of carboxylic acid groups (broad SMARTS) is 1. The number of amides is 5. The highest BCUT2D eigenvalue weighted by atomic mass is 35.5. The second kappa shape index (κ2) is 43.7. The van der Waals surface area contributed by atoms with E-state index >= 15 is 0 Å². The molecule has 5 amide bonds. The number of ketones is 3. The first-order valence-corrected chi connectivity index (χ1v) is 36.3. The fourth-order valence-electron chi connectivity index (χ4n) is 13.5. The van der Waals surface area contributed by atoms with Crippen molar-refractivity contribution in [3.8, 4) is 0 Å². The predicted octanol–water partition coefficient (Wildman–Crippen LogP) is 16.1. The van der Waals surface area contributed by atoms with Gasteiger partial charge in [-0.05, 0) is 169 Å². The van der Waals surface area contributed by atoms with E-state index in [1.165, 1.54) is 28.8 Å². The van der Waals surface area contributed by atoms with E-state index in [0.717, 1.165) is 51.6 Å². The maximum atomic E-state index is 13.1. The minimum Gasteiger partial charge on any atom is -0.481 e.